The molecule has 1 aliphatic rings. The minimum absolute atomic E-state index is 0.0584. The van der Waals surface area contributed by atoms with E-state index >= 15 is 0 Å². The lowest BCUT2D eigenvalue weighted by Crippen LogP contribution is -2.38. The molecule has 0 saturated carbocycles. The lowest BCUT2D eigenvalue weighted by atomic mass is 10.0. The standard InChI is InChI=1S/C21H26N2O3S/c24-21(20-12-8-11-19(17-20)18-9-4-3-5-10-18)22-13-16-27(25,26)23-14-6-1-2-7-15-23/h3-5,8-12,17H,1-2,6-7,13-16H2,(H,22,24). The van der Waals surface area contributed by atoms with Gasteiger partial charge in [-0.15, -0.1) is 0 Å². The molecule has 5 nitrogen and oxygen atoms in total. The highest BCUT2D eigenvalue weighted by molar-refractivity contribution is 7.89. The largest absolute Gasteiger partial charge is 0.351 e. The molecule has 0 bridgehead atoms. The molecule has 0 atom stereocenters. The van der Waals surface area contributed by atoms with Crippen molar-refractivity contribution < 1.29 is 13.2 Å². The average Bonchev–Trinajstić information content (AvgIpc) is 2.99. The summed E-state index contributed by atoms with van der Waals surface area (Å²) in [4.78, 5) is 12.4. The summed E-state index contributed by atoms with van der Waals surface area (Å²) in [6.07, 6.45) is 4.00. The summed E-state index contributed by atoms with van der Waals surface area (Å²) >= 11 is 0. The quantitative estimate of drug-likeness (QED) is 0.828. The van der Waals surface area contributed by atoms with E-state index in [-0.39, 0.29) is 18.2 Å². The molecule has 6 heteroatoms. The summed E-state index contributed by atoms with van der Waals surface area (Å²) < 4.78 is 26.5. The van der Waals surface area contributed by atoms with E-state index in [2.05, 4.69) is 5.32 Å². The van der Waals surface area contributed by atoms with Crippen LogP contribution in [-0.4, -0.2) is 44.0 Å². The number of hydrogen-bond donors (Lipinski definition) is 1. The number of carbonyl (C=O) groups excluding carboxylic acids is 1. The Kier molecular flexibility index (Phi) is 6.63. The maximum Gasteiger partial charge on any atom is 0.251 e. The summed E-state index contributed by atoms with van der Waals surface area (Å²) in [5, 5.41) is 2.74. The Labute approximate surface area is 161 Å². The first kappa shape index (κ1) is 19.6. The van der Waals surface area contributed by atoms with Crippen LogP contribution in [-0.2, 0) is 10.0 Å². The summed E-state index contributed by atoms with van der Waals surface area (Å²) in [6.45, 7) is 1.30. The molecule has 1 aliphatic heterocycles. The van der Waals surface area contributed by atoms with Crippen molar-refractivity contribution in [3.8, 4) is 11.1 Å². The van der Waals surface area contributed by atoms with Gasteiger partial charge in [0.2, 0.25) is 10.0 Å². The van der Waals surface area contributed by atoms with Gasteiger partial charge in [0.25, 0.3) is 5.91 Å². The fourth-order valence-corrected chi connectivity index (χ4v) is 4.75. The van der Waals surface area contributed by atoms with Crippen molar-refractivity contribution in [2.45, 2.75) is 25.7 Å². The minimum atomic E-state index is -3.32. The van der Waals surface area contributed by atoms with E-state index in [1.807, 2.05) is 48.5 Å². The highest BCUT2D eigenvalue weighted by atomic mass is 32.2. The Balaban J connectivity index is 1.58. The fourth-order valence-electron chi connectivity index (χ4n) is 3.32. The number of benzene rings is 2. The van der Waals surface area contributed by atoms with Crippen molar-refractivity contribution in [2.24, 2.45) is 0 Å². The van der Waals surface area contributed by atoms with Crippen LogP contribution >= 0.6 is 0 Å². The summed E-state index contributed by atoms with van der Waals surface area (Å²) in [5.74, 6) is -0.309. The molecule has 0 radical (unpaired) electrons. The van der Waals surface area contributed by atoms with Crippen LogP contribution in [0.5, 0.6) is 0 Å². The van der Waals surface area contributed by atoms with E-state index in [1.54, 1.807) is 10.4 Å². The average molecular weight is 387 g/mol. The second-order valence-electron chi connectivity index (χ2n) is 6.83. The number of rotatable bonds is 6. The van der Waals surface area contributed by atoms with Gasteiger partial charge in [0.1, 0.15) is 0 Å². The second kappa shape index (κ2) is 9.15. The maximum atomic E-state index is 12.5. The van der Waals surface area contributed by atoms with Crippen molar-refractivity contribution in [1.82, 2.24) is 9.62 Å². The van der Waals surface area contributed by atoms with Crippen LogP contribution in [0, 0.1) is 0 Å². The zero-order chi connectivity index (χ0) is 19.1. The minimum Gasteiger partial charge on any atom is -0.351 e. The molecule has 144 valence electrons. The van der Waals surface area contributed by atoms with E-state index < -0.39 is 10.0 Å². The maximum absolute atomic E-state index is 12.5. The van der Waals surface area contributed by atoms with Crippen LogP contribution in [0.25, 0.3) is 11.1 Å². The van der Waals surface area contributed by atoms with Crippen LogP contribution in [0.4, 0.5) is 0 Å². The fraction of sp³-hybridized carbons (Fsp3) is 0.381. The molecule has 0 spiro atoms. The predicted molar refractivity (Wildman–Crippen MR) is 108 cm³/mol. The molecule has 1 fully saturated rings. The molecule has 0 unspecified atom stereocenters. The van der Waals surface area contributed by atoms with E-state index in [1.165, 1.54) is 0 Å². The number of hydrogen-bond acceptors (Lipinski definition) is 3. The van der Waals surface area contributed by atoms with Crippen molar-refractivity contribution in [2.75, 3.05) is 25.4 Å². The van der Waals surface area contributed by atoms with E-state index in [9.17, 15) is 13.2 Å². The first-order chi connectivity index (χ1) is 13.1. The Bertz CT molecular complexity index is 858. The third kappa shape index (κ3) is 5.40. The van der Waals surface area contributed by atoms with Gasteiger partial charge in [-0.05, 0) is 36.1 Å². The van der Waals surface area contributed by atoms with Crippen LogP contribution < -0.4 is 5.32 Å². The highest BCUT2D eigenvalue weighted by Gasteiger charge is 2.22. The summed E-state index contributed by atoms with van der Waals surface area (Å²) in [7, 11) is -3.32. The van der Waals surface area contributed by atoms with Gasteiger partial charge in [-0.2, -0.15) is 0 Å². The van der Waals surface area contributed by atoms with Crippen molar-refractivity contribution in [3.63, 3.8) is 0 Å². The van der Waals surface area contributed by atoms with Gasteiger partial charge in [0.05, 0.1) is 5.75 Å². The lowest BCUT2D eigenvalue weighted by Gasteiger charge is -2.19. The smallest absolute Gasteiger partial charge is 0.251 e. The Morgan fingerprint density at radius 2 is 1.56 bits per heavy atom. The molecule has 1 heterocycles. The van der Waals surface area contributed by atoms with Gasteiger partial charge < -0.3 is 5.32 Å². The van der Waals surface area contributed by atoms with Gasteiger partial charge in [-0.1, -0.05) is 55.3 Å². The van der Waals surface area contributed by atoms with Gasteiger partial charge >= 0.3 is 0 Å². The van der Waals surface area contributed by atoms with Gasteiger partial charge in [0.15, 0.2) is 0 Å². The first-order valence-corrected chi connectivity index (χ1v) is 11.1. The third-order valence-corrected chi connectivity index (χ3v) is 6.71. The monoisotopic (exact) mass is 386 g/mol. The molecule has 1 N–H and O–H groups in total. The van der Waals surface area contributed by atoms with Crippen LogP contribution in [0.3, 0.4) is 0 Å². The molecule has 0 aliphatic carbocycles. The SMILES string of the molecule is O=C(NCCS(=O)(=O)N1CCCCCC1)c1cccc(-c2ccccc2)c1. The lowest BCUT2D eigenvalue weighted by molar-refractivity contribution is 0.0956. The number of nitrogens with one attached hydrogen (secondary N) is 1. The predicted octanol–water partition coefficient (Wildman–Crippen LogP) is 3.29. The first-order valence-electron chi connectivity index (χ1n) is 9.48. The summed E-state index contributed by atoms with van der Waals surface area (Å²) in [5.41, 5.74) is 2.53. The molecule has 3 rings (SSSR count). The van der Waals surface area contributed by atoms with Crippen molar-refractivity contribution in [1.29, 1.82) is 0 Å². The molecule has 0 aromatic heterocycles. The number of sulfonamides is 1. The van der Waals surface area contributed by atoms with Crippen molar-refractivity contribution >= 4 is 15.9 Å². The molecule has 2 aromatic carbocycles. The molecule has 1 amide bonds. The van der Waals surface area contributed by atoms with Gasteiger partial charge in [-0.3, -0.25) is 4.79 Å². The zero-order valence-corrected chi connectivity index (χ0v) is 16.2. The second-order valence-corrected chi connectivity index (χ2v) is 8.92. The van der Waals surface area contributed by atoms with Crippen LogP contribution in [0.15, 0.2) is 54.6 Å². The van der Waals surface area contributed by atoms with Crippen LogP contribution in [0.2, 0.25) is 0 Å². The van der Waals surface area contributed by atoms with Gasteiger partial charge in [0, 0.05) is 25.2 Å². The molecular formula is C21H26N2O3S. The highest BCUT2D eigenvalue weighted by Crippen LogP contribution is 2.20. The van der Waals surface area contributed by atoms with E-state index in [0.717, 1.165) is 36.8 Å². The van der Waals surface area contributed by atoms with Crippen molar-refractivity contribution in [3.05, 3.63) is 60.2 Å². The number of nitrogens with zero attached hydrogens (tertiary/aromatic N) is 1. The zero-order valence-electron chi connectivity index (χ0n) is 15.4. The van der Waals surface area contributed by atoms with E-state index in [0.29, 0.717) is 18.7 Å². The Hall–Kier alpha value is -2.18. The molecular weight excluding hydrogens is 360 g/mol. The van der Waals surface area contributed by atoms with Crippen LogP contribution in [0.1, 0.15) is 36.0 Å². The molecule has 27 heavy (non-hydrogen) atoms. The topological polar surface area (TPSA) is 66.5 Å². The molecule has 2 aromatic rings. The Morgan fingerprint density at radius 1 is 0.889 bits per heavy atom. The summed E-state index contributed by atoms with van der Waals surface area (Å²) in [6, 6.07) is 17.2. The number of amides is 1. The number of carbonyl (C=O) groups is 1. The van der Waals surface area contributed by atoms with Gasteiger partial charge in [-0.25, -0.2) is 12.7 Å². The molecule has 1 saturated heterocycles. The third-order valence-electron chi connectivity index (χ3n) is 4.84. The van der Waals surface area contributed by atoms with E-state index in [4.69, 9.17) is 0 Å². The normalized spacial score (nSPS) is 15.9. The Morgan fingerprint density at radius 3 is 2.26 bits per heavy atom.